The molecule has 0 aliphatic rings. The molecule has 3 N–H and O–H groups in total. The second-order valence-corrected chi connectivity index (χ2v) is 4.01. The third-order valence-electron chi connectivity index (χ3n) is 2.28. The van der Waals surface area contributed by atoms with E-state index in [1.807, 2.05) is 0 Å². The highest BCUT2D eigenvalue weighted by molar-refractivity contribution is 6.33. The molecule has 0 saturated carbocycles. The lowest BCUT2D eigenvalue weighted by molar-refractivity contribution is 0.586. The number of rotatable bonds is 2. The zero-order valence-electron chi connectivity index (χ0n) is 8.98. The maximum absolute atomic E-state index is 13.5. The minimum Gasteiger partial charge on any atom is -0.397 e. The molecule has 6 heteroatoms. The van der Waals surface area contributed by atoms with Gasteiger partial charge in [0, 0.05) is 6.07 Å². The average Bonchev–Trinajstić information content (AvgIpc) is 2.28. The first-order valence-electron chi connectivity index (χ1n) is 4.94. The van der Waals surface area contributed by atoms with Crippen LogP contribution in [0.15, 0.2) is 30.3 Å². The molecule has 0 aliphatic carbocycles. The Morgan fingerprint density at radius 3 is 2.39 bits per heavy atom. The van der Waals surface area contributed by atoms with Gasteiger partial charge >= 0.3 is 0 Å². The van der Waals surface area contributed by atoms with Crippen molar-refractivity contribution in [3.63, 3.8) is 0 Å². The van der Waals surface area contributed by atoms with Gasteiger partial charge in [-0.1, -0.05) is 11.6 Å². The molecule has 2 aromatic rings. The van der Waals surface area contributed by atoms with E-state index in [4.69, 9.17) is 17.3 Å². The summed E-state index contributed by atoms with van der Waals surface area (Å²) < 4.78 is 39.4. The zero-order valence-corrected chi connectivity index (χ0v) is 9.73. The van der Waals surface area contributed by atoms with Crippen LogP contribution in [0.4, 0.5) is 30.2 Å². The lowest BCUT2D eigenvalue weighted by atomic mass is 10.2. The first-order valence-corrected chi connectivity index (χ1v) is 5.32. The number of hydrogen-bond acceptors (Lipinski definition) is 2. The van der Waals surface area contributed by atoms with Gasteiger partial charge in [0.15, 0.2) is 5.82 Å². The summed E-state index contributed by atoms with van der Waals surface area (Å²) in [4.78, 5) is 0. The number of anilines is 3. The van der Waals surface area contributed by atoms with E-state index in [1.165, 1.54) is 12.1 Å². The number of benzene rings is 2. The highest BCUT2D eigenvalue weighted by atomic mass is 35.5. The first-order chi connectivity index (χ1) is 8.47. The first kappa shape index (κ1) is 12.6. The van der Waals surface area contributed by atoms with Crippen molar-refractivity contribution in [2.45, 2.75) is 0 Å². The predicted molar refractivity (Wildman–Crippen MR) is 65.5 cm³/mol. The largest absolute Gasteiger partial charge is 0.397 e. The molecule has 0 bridgehead atoms. The molecule has 0 amide bonds. The van der Waals surface area contributed by atoms with Gasteiger partial charge in [-0.25, -0.2) is 13.2 Å². The van der Waals surface area contributed by atoms with Gasteiger partial charge in [0.2, 0.25) is 0 Å². The van der Waals surface area contributed by atoms with Crippen molar-refractivity contribution in [1.29, 1.82) is 0 Å². The van der Waals surface area contributed by atoms with Crippen molar-refractivity contribution in [3.8, 4) is 0 Å². The molecule has 2 rings (SSSR count). The zero-order chi connectivity index (χ0) is 13.3. The fourth-order valence-electron chi connectivity index (χ4n) is 1.43. The van der Waals surface area contributed by atoms with E-state index in [0.717, 1.165) is 12.1 Å². The Morgan fingerprint density at radius 2 is 1.72 bits per heavy atom. The summed E-state index contributed by atoms with van der Waals surface area (Å²) in [5, 5.41) is 2.38. The van der Waals surface area contributed by atoms with Crippen LogP contribution in [-0.2, 0) is 0 Å². The van der Waals surface area contributed by atoms with E-state index < -0.39 is 17.5 Å². The third kappa shape index (κ3) is 2.51. The fraction of sp³-hybridized carbons (Fsp3) is 0. The van der Waals surface area contributed by atoms with Gasteiger partial charge in [-0.3, -0.25) is 0 Å². The van der Waals surface area contributed by atoms with Crippen molar-refractivity contribution in [2.75, 3.05) is 11.1 Å². The van der Waals surface area contributed by atoms with Crippen LogP contribution in [0, 0.1) is 17.5 Å². The molecule has 0 radical (unpaired) electrons. The van der Waals surface area contributed by atoms with Crippen molar-refractivity contribution < 1.29 is 13.2 Å². The molecule has 2 nitrogen and oxygen atoms in total. The SMILES string of the molecule is Nc1ccc(F)cc1Nc1c(F)cc(F)cc1Cl. The number of hydrogen-bond donors (Lipinski definition) is 2. The van der Waals surface area contributed by atoms with Crippen LogP contribution in [0.25, 0.3) is 0 Å². The second kappa shape index (κ2) is 4.78. The van der Waals surface area contributed by atoms with Crippen molar-refractivity contribution in [1.82, 2.24) is 0 Å². The van der Waals surface area contributed by atoms with E-state index in [0.29, 0.717) is 6.07 Å². The quantitative estimate of drug-likeness (QED) is 0.808. The molecular formula is C12H8ClF3N2. The minimum atomic E-state index is -0.885. The van der Waals surface area contributed by atoms with Crippen LogP contribution in [0.1, 0.15) is 0 Å². The van der Waals surface area contributed by atoms with E-state index in [-0.39, 0.29) is 22.1 Å². The van der Waals surface area contributed by atoms with Gasteiger partial charge in [-0.2, -0.15) is 0 Å². The predicted octanol–water partition coefficient (Wildman–Crippen LogP) is 4.08. The topological polar surface area (TPSA) is 38.0 Å². The molecule has 2 aromatic carbocycles. The van der Waals surface area contributed by atoms with Crippen molar-refractivity contribution >= 4 is 28.7 Å². The Bertz CT molecular complexity index is 579. The van der Waals surface area contributed by atoms with Gasteiger partial charge in [-0.15, -0.1) is 0 Å². The smallest absolute Gasteiger partial charge is 0.151 e. The molecule has 0 fully saturated rings. The summed E-state index contributed by atoms with van der Waals surface area (Å²) in [6.45, 7) is 0. The number of nitrogens with two attached hydrogens (primary N) is 1. The van der Waals surface area contributed by atoms with Crippen LogP contribution < -0.4 is 11.1 Å². The molecule has 18 heavy (non-hydrogen) atoms. The summed E-state index contributed by atoms with van der Waals surface area (Å²) in [5.41, 5.74) is 5.82. The Hall–Kier alpha value is -1.88. The van der Waals surface area contributed by atoms with E-state index in [2.05, 4.69) is 5.32 Å². The van der Waals surface area contributed by atoms with Crippen LogP contribution in [-0.4, -0.2) is 0 Å². The molecule has 0 saturated heterocycles. The average molecular weight is 273 g/mol. The molecule has 0 atom stereocenters. The van der Waals surface area contributed by atoms with Crippen molar-refractivity contribution in [3.05, 3.63) is 52.8 Å². The Balaban J connectivity index is 2.43. The van der Waals surface area contributed by atoms with Gasteiger partial charge in [-0.05, 0) is 24.3 Å². The Labute approximate surface area is 106 Å². The molecular weight excluding hydrogens is 265 g/mol. The van der Waals surface area contributed by atoms with Crippen molar-refractivity contribution in [2.24, 2.45) is 0 Å². The molecule has 0 spiro atoms. The number of nitrogen functional groups attached to an aromatic ring is 1. The fourth-order valence-corrected chi connectivity index (χ4v) is 1.67. The molecule has 0 aliphatic heterocycles. The highest BCUT2D eigenvalue weighted by Crippen LogP contribution is 2.31. The number of halogens is 4. The van der Waals surface area contributed by atoms with Crippen LogP contribution in [0.3, 0.4) is 0 Å². The lowest BCUT2D eigenvalue weighted by Gasteiger charge is -2.11. The van der Waals surface area contributed by atoms with E-state index >= 15 is 0 Å². The van der Waals surface area contributed by atoms with E-state index in [1.54, 1.807) is 0 Å². The maximum Gasteiger partial charge on any atom is 0.151 e. The second-order valence-electron chi connectivity index (χ2n) is 3.60. The van der Waals surface area contributed by atoms with Gasteiger partial charge in [0.05, 0.1) is 22.1 Å². The van der Waals surface area contributed by atoms with Gasteiger partial charge in [0.1, 0.15) is 11.6 Å². The third-order valence-corrected chi connectivity index (χ3v) is 2.58. The molecule has 0 heterocycles. The summed E-state index contributed by atoms with van der Waals surface area (Å²) in [6, 6.07) is 5.21. The summed E-state index contributed by atoms with van der Waals surface area (Å²) in [5.74, 6) is -2.22. The van der Waals surface area contributed by atoms with E-state index in [9.17, 15) is 13.2 Å². The monoisotopic (exact) mass is 272 g/mol. The molecule has 94 valence electrons. The maximum atomic E-state index is 13.5. The normalized spacial score (nSPS) is 10.4. The molecule has 0 aromatic heterocycles. The van der Waals surface area contributed by atoms with Gasteiger partial charge in [0.25, 0.3) is 0 Å². The Morgan fingerprint density at radius 1 is 1.00 bits per heavy atom. The van der Waals surface area contributed by atoms with Crippen LogP contribution in [0.2, 0.25) is 5.02 Å². The van der Waals surface area contributed by atoms with Crippen LogP contribution in [0.5, 0.6) is 0 Å². The number of nitrogens with one attached hydrogen (secondary N) is 1. The minimum absolute atomic E-state index is 0.155. The Kier molecular flexibility index (Phi) is 3.34. The molecule has 0 unspecified atom stereocenters. The highest BCUT2D eigenvalue weighted by Gasteiger charge is 2.11. The summed E-state index contributed by atoms with van der Waals surface area (Å²) >= 11 is 5.70. The van der Waals surface area contributed by atoms with Crippen LogP contribution >= 0.6 is 11.6 Å². The lowest BCUT2D eigenvalue weighted by Crippen LogP contribution is -2.00. The summed E-state index contributed by atoms with van der Waals surface area (Å²) in [6.07, 6.45) is 0. The standard InChI is InChI=1S/C12H8ClF3N2/c13-8-3-7(15)4-9(16)12(8)18-11-5-6(14)1-2-10(11)17/h1-5,18H,17H2. The summed E-state index contributed by atoms with van der Waals surface area (Å²) in [7, 11) is 0. The van der Waals surface area contributed by atoms with Gasteiger partial charge < -0.3 is 11.1 Å².